The molecule has 3 heteroatoms. The van der Waals surface area contributed by atoms with Gasteiger partial charge in [-0.1, -0.05) is 26.0 Å². The second-order valence-corrected chi connectivity index (χ2v) is 5.00. The van der Waals surface area contributed by atoms with E-state index < -0.39 is 5.97 Å². The van der Waals surface area contributed by atoms with E-state index in [1.165, 1.54) is 6.07 Å². The first-order valence-electron chi connectivity index (χ1n) is 5.27. The van der Waals surface area contributed by atoms with E-state index in [2.05, 4.69) is 0 Å². The summed E-state index contributed by atoms with van der Waals surface area (Å²) in [6, 6.07) is 4.92. The summed E-state index contributed by atoms with van der Waals surface area (Å²) in [5.74, 6) is -1.02. The van der Waals surface area contributed by atoms with Crippen molar-refractivity contribution in [3.63, 3.8) is 0 Å². The van der Waals surface area contributed by atoms with Crippen LogP contribution in [0.25, 0.3) is 0 Å². The summed E-state index contributed by atoms with van der Waals surface area (Å²) in [6.07, 6.45) is 0.754. The highest BCUT2D eigenvalue weighted by Gasteiger charge is 2.22. The Labute approximate surface area is 95.1 Å². The number of benzene rings is 1. The minimum Gasteiger partial charge on any atom is -0.481 e. The number of rotatable bonds is 4. The Balaban J connectivity index is 2.79. The van der Waals surface area contributed by atoms with Crippen molar-refractivity contribution in [2.75, 3.05) is 0 Å². The zero-order valence-corrected chi connectivity index (χ0v) is 9.88. The molecule has 1 N–H and O–H groups in total. The van der Waals surface area contributed by atoms with Gasteiger partial charge < -0.3 is 5.11 Å². The molecule has 0 aliphatic rings. The smallest absolute Gasteiger partial charge is 0.303 e. The van der Waals surface area contributed by atoms with E-state index in [9.17, 15) is 9.18 Å². The minimum absolute atomic E-state index is 0.115. The molecule has 0 fully saturated rings. The number of aryl methyl sites for hydroxylation is 1. The quantitative estimate of drug-likeness (QED) is 0.852. The molecule has 0 spiro atoms. The van der Waals surface area contributed by atoms with Crippen molar-refractivity contribution >= 4 is 5.97 Å². The molecule has 2 nitrogen and oxygen atoms in total. The van der Waals surface area contributed by atoms with Crippen LogP contribution >= 0.6 is 0 Å². The summed E-state index contributed by atoms with van der Waals surface area (Å²) in [5, 5.41) is 8.77. The topological polar surface area (TPSA) is 37.3 Å². The van der Waals surface area contributed by atoms with E-state index in [1.54, 1.807) is 19.1 Å². The van der Waals surface area contributed by atoms with Crippen LogP contribution < -0.4 is 0 Å². The monoisotopic (exact) mass is 224 g/mol. The molecule has 0 aliphatic carbocycles. The van der Waals surface area contributed by atoms with Gasteiger partial charge in [0.2, 0.25) is 0 Å². The van der Waals surface area contributed by atoms with Gasteiger partial charge in [-0.2, -0.15) is 0 Å². The molecular formula is C13H17FO2. The third-order valence-electron chi connectivity index (χ3n) is 2.53. The van der Waals surface area contributed by atoms with Gasteiger partial charge in [0.25, 0.3) is 0 Å². The predicted octanol–water partition coefficient (Wildman–Crippen LogP) is 3.18. The fraction of sp³-hybridized carbons (Fsp3) is 0.462. The third kappa shape index (κ3) is 3.65. The van der Waals surface area contributed by atoms with Crippen molar-refractivity contribution in [2.45, 2.75) is 33.6 Å². The summed E-state index contributed by atoms with van der Waals surface area (Å²) in [5.41, 5.74) is 1.27. The maximum Gasteiger partial charge on any atom is 0.303 e. The van der Waals surface area contributed by atoms with Crippen molar-refractivity contribution in [1.82, 2.24) is 0 Å². The lowest BCUT2D eigenvalue weighted by atomic mass is 9.82. The molecule has 0 amide bonds. The summed E-state index contributed by atoms with van der Waals surface area (Å²) >= 11 is 0. The Morgan fingerprint density at radius 2 is 2.06 bits per heavy atom. The molecule has 0 unspecified atom stereocenters. The van der Waals surface area contributed by atoms with Gasteiger partial charge in [0, 0.05) is 0 Å². The zero-order chi connectivity index (χ0) is 12.3. The van der Waals surface area contributed by atoms with Gasteiger partial charge in [0.05, 0.1) is 6.42 Å². The lowest BCUT2D eigenvalue weighted by molar-refractivity contribution is -0.139. The Hall–Kier alpha value is -1.38. The molecule has 0 radical (unpaired) electrons. The summed E-state index contributed by atoms with van der Waals surface area (Å²) in [4.78, 5) is 10.7. The van der Waals surface area contributed by atoms with Gasteiger partial charge >= 0.3 is 5.97 Å². The van der Waals surface area contributed by atoms with E-state index >= 15 is 0 Å². The summed E-state index contributed by atoms with van der Waals surface area (Å²) in [7, 11) is 0. The highest BCUT2D eigenvalue weighted by Crippen LogP contribution is 2.26. The van der Waals surface area contributed by atoms with Crippen LogP contribution in [0.2, 0.25) is 0 Å². The Morgan fingerprint density at radius 1 is 1.44 bits per heavy atom. The lowest BCUT2D eigenvalue weighted by Gasteiger charge is -2.22. The first-order chi connectivity index (χ1) is 7.30. The third-order valence-corrected chi connectivity index (χ3v) is 2.53. The zero-order valence-electron chi connectivity index (χ0n) is 9.88. The van der Waals surface area contributed by atoms with E-state index in [-0.39, 0.29) is 17.7 Å². The Kier molecular flexibility index (Phi) is 3.68. The predicted molar refractivity (Wildman–Crippen MR) is 60.9 cm³/mol. The van der Waals surface area contributed by atoms with Crippen LogP contribution in [-0.2, 0) is 11.2 Å². The Morgan fingerprint density at radius 3 is 2.56 bits per heavy atom. The van der Waals surface area contributed by atoms with Crippen LogP contribution in [0.3, 0.4) is 0 Å². The van der Waals surface area contributed by atoms with Crippen LogP contribution in [0.15, 0.2) is 18.2 Å². The normalized spacial score (nSPS) is 11.5. The van der Waals surface area contributed by atoms with Gasteiger partial charge in [-0.15, -0.1) is 0 Å². The van der Waals surface area contributed by atoms with Gasteiger partial charge in [-0.05, 0) is 36.0 Å². The maximum absolute atomic E-state index is 13.0. The standard InChI is InChI=1S/C13H17FO2/c1-9-6-10(4-5-11(9)14)7-13(2,3)8-12(15)16/h4-6H,7-8H2,1-3H3,(H,15,16). The van der Waals surface area contributed by atoms with Crippen molar-refractivity contribution in [2.24, 2.45) is 5.41 Å². The number of carboxylic acid groups (broad SMARTS) is 1. The molecule has 16 heavy (non-hydrogen) atoms. The van der Waals surface area contributed by atoms with Crippen LogP contribution in [-0.4, -0.2) is 11.1 Å². The maximum atomic E-state index is 13.0. The van der Waals surface area contributed by atoms with Gasteiger partial charge in [0.1, 0.15) is 5.82 Å². The van der Waals surface area contributed by atoms with Crippen molar-refractivity contribution < 1.29 is 14.3 Å². The number of hydrogen-bond donors (Lipinski definition) is 1. The number of hydrogen-bond acceptors (Lipinski definition) is 1. The highest BCUT2D eigenvalue weighted by molar-refractivity contribution is 5.67. The van der Waals surface area contributed by atoms with Crippen molar-refractivity contribution in [1.29, 1.82) is 0 Å². The molecule has 0 saturated heterocycles. The molecule has 0 atom stereocenters. The van der Waals surface area contributed by atoms with Gasteiger partial charge in [-0.25, -0.2) is 4.39 Å². The van der Waals surface area contributed by atoms with Crippen LogP contribution in [0.4, 0.5) is 4.39 Å². The van der Waals surface area contributed by atoms with E-state index in [0.717, 1.165) is 5.56 Å². The second kappa shape index (κ2) is 4.64. The van der Waals surface area contributed by atoms with E-state index in [4.69, 9.17) is 5.11 Å². The van der Waals surface area contributed by atoms with Crippen LogP contribution in [0.1, 0.15) is 31.4 Å². The number of halogens is 1. The van der Waals surface area contributed by atoms with Crippen LogP contribution in [0, 0.1) is 18.2 Å². The molecule has 1 aromatic carbocycles. The number of carbonyl (C=O) groups is 1. The van der Waals surface area contributed by atoms with E-state index in [0.29, 0.717) is 12.0 Å². The molecule has 0 aliphatic heterocycles. The summed E-state index contributed by atoms with van der Waals surface area (Å²) in [6.45, 7) is 5.52. The minimum atomic E-state index is -0.802. The number of aliphatic carboxylic acids is 1. The van der Waals surface area contributed by atoms with Crippen LogP contribution in [0.5, 0.6) is 0 Å². The molecule has 0 aromatic heterocycles. The SMILES string of the molecule is Cc1cc(CC(C)(C)CC(=O)O)ccc1F. The first kappa shape index (κ1) is 12.7. The average molecular weight is 224 g/mol. The fourth-order valence-electron chi connectivity index (χ4n) is 1.84. The Bertz CT molecular complexity index is 397. The lowest BCUT2D eigenvalue weighted by Crippen LogP contribution is -2.19. The van der Waals surface area contributed by atoms with Gasteiger partial charge in [0.15, 0.2) is 0 Å². The van der Waals surface area contributed by atoms with E-state index in [1.807, 2.05) is 13.8 Å². The molecule has 0 bridgehead atoms. The molecule has 0 heterocycles. The fourth-order valence-corrected chi connectivity index (χ4v) is 1.84. The molecule has 0 saturated carbocycles. The molecule has 88 valence electrons. The second-order valence-electron chi connectivity index (χ2n) is 5.00. The number of carboxylic acids is 1. The average Bonchev–Trinajstić information content (AvgIpc) is 2.08. The largest absolute Gasteiger partial charge is 0.481 e. The molecule has 1 rings (SSSR count). The molecular weight excluding hydrogens is 207 g/mol. The highest BCUT2D eigenvalue weighted by atomic mass is 19.1. The first-order valence-corrected chi connectivity index (χ1v) is 5.27. The van der Waals surface area contributed by atoms with Crippen molar-refractivity contribution in [3.05, 3.63) is 35.1 Å². The van der Waals surface area contributed by atoms with Crippen molar-refractivity contribution in [3.8, 4) is 0 Å². The summed E-state index contributed by atoms with van der Waals surface area (Å²) < 4.78 is 13.0. The molecule has 1 aromatic rings. The van der Waals surface area contributed by atoms with Gasteiger partial charge in [-0.3, -0.25) is 4.79 Å².